The fourth-order valence-corrected chi connectivity index (χ4v) is 4.64. The van der Waals surface area contributed by atoms with E-state index in [1.165, 1.54) is 7.05 Å². The summed E-state index contributed by atoms with van der Waals surface area (Å²) in [5, 5.41) is 22.2. The maximum Gasteiger partial charge on any atom is 0.320 e. The van der Waals surface area contributed by atoms with E-state index >= 15 is 0 Å². The molecule has 15 heteroatoms. The van der Waals surface area contributed by atoms with Gasteiger partial charge in [-0.15, -0.1) is 11.3 Å². The summed E-state index contributed by atoms with van der Waals surface area (Å²) in [6.07, 6.45) is -0.205. The molecule has 0 aromatic carbocycles. The summed E-state index contributed by atoms with van der Waals surface area (Å²) in [5.74, 6) is -1.92. The van der Waals surface area contributed by atoms with Gasteiger partial charge in [0.25, 0.3) is 18.2 Å². The van der Waals surface area contributed by atoms with Crippen molar-refractivity contribution in [2.75, 3.05) is 5.32 Å². The predicted molar refractivity (Wildman–Crippen MR) is 123 cm³/mol. The minimum atomic E-state index is -2.91. The number of anilines is 1. The van der Waals surface area contributed by atoms with Crippen LogP contribution in [0.4, 0.5) is 20.2 Å². The van der Waals surface area contributed by atoms with Crippen molar-refractivity contribution in [3.63, 3.8) is 0 Å². The zero-order valence-electron chi connectivity index (χ0n) is 18.6. The standard InChI is InChI=1S/C20H18F2N8O4S/c1-4-29-6-10(8(2)26-29)9-5-11(17(21)22)24-20-13(9)15(16(35-20)18(23)31)25-19(32)14-12(30(33)34)7-28(3)27-14/h5-7,17H,4H2,1-3H3,(H2,23,31)(H,25,32). The minimum Gasteiger partial charge on any atom is -0.365 e. The van der Waals surface area contributed by atoms with E-state index in [1.54, 1.807) is 17.8 Å². The number of nitrogens with zero attached hydrogens (tertiary/aromatic N) is 6. The average molecular weight is 504 g/mol. The van der Waals surface area contributed by atoms with Gasteiger partial charge in [-0.25, -0.2) is 13.8 Å². The highest BCUT2D eigenvalue weighted by atomic mass is 32.1. The Balaban J connectivity index is 1.98. The number of thiophene rings is 1. The van der Waals surface area contributed by atoms with Gasteiger partial charge in [-0.2, -0.15) is 10.2 Å². The highest BCUT2D eigenvalue weighted by Crippen LogP contribution is 2.43. The van der Waals surface area contributed by atoms with Crippen molar-refractivity contribution in [3.05, 3.63) is 50.5 Å². The molecule has 0 saturated heterocycles. The van der Waals surface area contributed by atoms with E-state index in [-0.39, 0.29) is 26.3 Å². The maximum atomic E-state index is 13.7. The molecule has 0 bridgehead atoms. The van der Waals surface area contributed by atoms with Crippen molar-refractivity contribution in [1.29, 1.82) is 0 Å². The molecule has 4 rings (SSSR count). The Kier molecular flexibility index (Phi) is 6.02. The molecule has 0 aliphatic carbocycles. The highest BCUT2D eigenvalue weighted by molar-refractivity contribution is 7.21. The van der Waals surface area contributed by atoms with Gasteiger partial charge in [0.2, 0.25) is 5.69 Å². The van der Waals surface area contributed by atoms with Crippen LogP contribution in [-0.4, -0.2) is 41.3 Å². The van der Waals surface area contributed by atoms with Gasteiger partial charge in [0.1, 0.15) is 21.6 Å². The first-order valence-corrected chi connectivity index (χ1v) is 10.9. The number of hydrogen-bond acceptors (Lipinski definition) is 8. The normalized spacial score (nSPS) is 11.4. The second kappa shape index (κ2) is 8.83. The van der Waals surface area contributed by atoms with E-state index in [2.05, 4.69) is 20.5 Å². The molecule has 35 heavy (non-hydrogen) atoms. The Morgan fingerprint density at radius 3 is 2.57 bits per heavy atom. The first-order valence-electron chi connectivity index (χ1n) is 10.1. The van der Waals surface area contributed by atoms with Crippen LogP contribution in [0.5, 0.6) is 0 Å². The Hall–Kier alpha value is -4.27. The molecule has 4 aromatic rings. The van der Waals surface area contributed by atoms with Crippen LogP contribution in [0.2, 0.25) is 0 Å². The van der Waals surface area contributed by atoms with E-state index in [4.69, 9.17) is 5.73 Å². The molecule has 0 fully saturated rings. The van der Waals surface area contributed by atoms with E-state index in [0.717, 1.165) is 28.3 Å². The van der Waals surface area contributed by atoms with E-state index in [9.17, 15) is 28.5 Å². The number of nitro groups is 1. The first-order chi connectivity index (χ1) is 16.5. The number of primary amides is 1. The van der Waals surface area contributed by atoms with Crippen LogP contribution < -0.4 is 11.1 Å². The lowest BCUT2D eigenvalue weighted by molar-refractivity contribution is -0.385. The lowest BCUT2D eigenvalue weighted by Crippen LogP contribution is -2.18. The van der Waals surface area contributed by atoms with Gasteiger partial charge in [-0.3, -0.25) is 29.1 Å². The zero-order valence-corrected chi connectivity index (χ0v) is 19.4. The van der Waals surface area contributed by atoms with Crippen molar-refractivity contribution in [2.24, 2.45) is 12.8 Å². The summed E-state index contributed by atoms with van der Waals surface area (Å²) in [7, 11) is 1.40. The second-order valence-corrected chi connectivity index (χ2v) is 8.48. The monoisotopic (exact) mass is 504 g/mol. The molecule has 0 atom stereocenters. The number of alkyl halides is 2. The number of aryl methyl sites for hydroxylation is 3. The number of rotatable bonds is 7. The van der Waals surface area contributed by atoms with Gasteiger partial charge in [-0.05, 0) is 25.5 Å². The van der Waals surface area contributed by atoms with E-state index < -0.39 is 40.2 Å². The maximum absolute atomic E-state index is 13.7. The second-order valence-electron chi connectivity index (χ2n) is 7.48. The average Bonchev–Trinajstić information content (AvgIpc) is 3.48. The third kappa shape index (κ3) is 4.21. The van der Waals surface area contributed by atoms with Gasteiger partial charge >= 0.3 is 5.69 Å². The number of carbonyl (C=O) groups is 2. The van der Waals surface area contributed by atoms with Crippen LogP contribution in [0.15, 0.2) is 18.5 Å². The Labute approximate surface area is 199 Å². The molecule has 2 amide bonds. The molecular formula is C20H18F2N8O4S. The number of nitrogens with two attached hydrogens (primary N) is 1. The molecule has 0 aliphatic rings. The Morgan fingerprint density at radius 2 is 2.00 bits per heavy atom. The van der Waals surface area contributed by atoms with Crippen LogP contribution in [0.1, 0.15) is 44.9 Å². The molecule has 12 nitrogen and oxygen atoms in total. The molecule has 182 valence electrons. The quantitative estimate of drug-likeness (QED) is 0.287. The lowest BCUT2D eigenvalue weighted by atomic mass is 10.0. The van der Waals surface area contributed by atoms with Crippen LogP contribution in [0, 0.1) is 17.0 Å². The van der Waals surface area contributed by atoms with E-state index in [1.807, 2.05) is 6.92 Å². The van der Waals surface area contributed by atoms with Crippen LogP contribution in [-0.2, 0) is 13.6 Å². The first kappa shape index (κ1) is 23.9. The molecular weight excluding hydrogens is 486 g/mol. The molecule has 0 saturated carbocycles. The number of halogens is 2. The smallest absolute Gasteiger partial charge is 0.320 e. The number of hydrogen-bond donors (Lipinski definition) is 2. The minimum absolute atomic E-state index is 0.0288. The number of amides is 2. The molecule has 4 heterocycles. The Morgan fingerprint density at radius 1 is 1.29 bits per heavy atom. The SMILES string of the molecule is CCn1cc(-c2cc(C(F)F)nc3sc(C(N)=O)c(NC(=O)c4nn(C)cc4[N+](=O)[O-])c23)c(C)n1. The fraction of sp³-hybridized carbons (Fsp3) is 0.250. The molecule has 0 radical (unpaired) electrons. The van der Waals surface area contributed by atoms with Gasteiger partial charge in [0, 0.05) is 30.7 Å². The number of carbonyl (C=O) groups excluding carboxylic acids is 2. The molecule has 0 unspecified atom stereocenters. The fourth-order valence-electron chi connectivity index (χ4n) is 3.62. The molecule has 0 spiro atoms. The third-order valence-electron chi connectivity index (χ3n) is 5.15. The number of nitrogens with one attached hydrogen (secondary N) is 1. The predicted octanol–water partition coefficient (Wildman–Crippen LogP) is 3.42. The number of pyridine rings is 1. The van der Waals surface area contributed by atoms with Gasteiger partial charge < -0.3 is 11.1 Å². The highest BCUT2D eigenvalue weighted by Gasteiger charge is 2.30. The Bertz CT molecular complexity index is 1510. The van der Waals surface area contributed by atoms with Crippen molar-refractivity contribution in [1.82, 2.24) is 24.5 Å². The van der Waals surface area contributed by atoms with Crippen LogP contribution in [0.25, 0.3) is 21.3 Å². The largest absolute Gasteiger partial charge is 0.365 e. The lowest BCUT2D eigenvalue weighted by Gasteiger charge is -2.10. The van der Waals surface area contributed by atoms with Gasteiger partial charge in [0.05, 0.1) is 16.3 Å². The molecule has 4 aromatic heterocycles. The number of aromatic nitrogens is 5. The topological polar surface area (TPSA) is 164 Å². The number of fused-ring (bicyclic) bond motifs is 1. The summed E-state index contributed by atoms with van der Waals surface area (Å²) in [4.78, 5) is 39.7. The van der Waals surface area contributed by atoms with Crippen LogP contribution >= 0.6 is 11.3 Å². The van der Waals surface area contributed by atoms with Crippen LogP contribution in [0.3, 0.4) is 0 Å². The zero-order chi connectivity index (χ0) is 25.6. The van der Waals surface area contributed by atoms with Crippen molar-refractivity contribution < 1.29 is 23.3 Å². The van der Waals surface area contributed by atoms with Crippen molar-refractivity contribution in [3.8, 4) is 11.1 Å². The summed E-state index contributed by atoms with van der Waals surface area (Å²) >= 11 is 0.723. The van der Waals surface area contributed by atoms with Crippen molar-refractivity contribution >= 4 is 44.7 Å². The van der Waals surface area contributed by atoms with E-state index in [0.29, 0.717) is 17.8 Å². The van der Waals surface area contributed by atoms with Gasteiger partial charge in [0.15, 0.2) is 0 Å². The molecule has 0 aliphatic heterocycles. The summed E-state index contributed by atoms with van der Waals surface area (Å²) in [5.41, 5.74) is 5.07. The summed E-state index contributed by atoms with van der Waals surface area (Å²) < 4.78 is 30.0. The summed E-state index contributed by atoms with van der Waals surface area (Å²) in [6, 6.07) is 1.16. The third-order valence-corrected chi connectivity index (χ3v) is 6.25. The van der Waals surface area contributed by atoms with Gasteiger partial charge in [-0.1, -0.05) is 0 Å². The van der Waals surface area contributed by atoms with Crippen molar-refractivity contribution in [2.45, 2.75) is 26.8 Å². The summed E-state index contributed by atoms with van der Waals surface area (Å²) in [6.45, 7) is 4.05. The molecule has 3 N–H and O–H groups in total.